The van der Waals surface area contributed by atoms with Crippen molar-refractivity contribution in [2.24, 2.45) is 0 Å². The highest BCUT2D eigenvalue weighted by atomic mass is 31.2. The molecular weight excluding hydrogens is 163 g/mol. The average molecular weight is 176 g/mol. The second kappa shape index (κ2) is 5.30. The monoisotopic (exact) mass is 176 g/mol. The molecule has 0 aromatic carbocycles. The molecule has 0 bridgehead atoms. The van der Waals surface area contributed by atoms with Crippen molar-refractivity contribution in [3.05, 3.63) is 25.3 Å². The molecule has 3 nitrogen and oxygen atoms in total. The van der Waals surface area contributed by atoms with Gasteiger partial charge in [0.25, 0.3) is 0 Å². The zero-order valence-electron chi connectivity index (χ0n) is 6.66. The fourth-order valence-corrected chi connectivity index (χ4v) is 1.24. The van der Waals surface area contributed by atoms with Crippen LogP contribution in [0.4, 0.5) is 0 Å². The van der Waals surface area contributed by atoms with Crippen molar-refractivity contribution in [2.45, 2.75) is 0 Å². The van der Waals surface area contributed by atoms with Crippen LogP contribution in [0, 0.1) is 0 Å². The van der Waals surface area contributed by atoms with E-state index in [0.717, 1.165) is 0 Å². The Bertz CT molecular complexity index is 161. The summed E-state index contributed by atoms with van der Waals surface area (Å²) in [6.07, 6.45) is 3.04. The van der Waals surface area contributed by atoms with E-state index >= 15 is 0 Å². The second-order valence-electron chi connectivity index (χ2n) is 1.94. The van der Waals surface area contributed by atoms with Crippen molar-refractivity contribution in [2.75, 3.05) is 19.9 Å². The van der Waals surface area contributed by atoms with E-state index in [1.807, 2.05) is 0 Å². The average Bonchev–Trinajstić information content (AvgIpc) is 1.97. The fourth-order valence-electron chi connectivity index (χ4n) is 0.413. The van der Waals surface area contributed by atoms with Gasteiger partial charge in [0.1, 0.15) is 0 Å². The third-order valence-electron chi connectivity index (χ3n) is 0.854. The van der Waals surface area contributed by atoms with Crippen molar-refractivity contribution in [1.82, 2.24) is 0 Å². The molecule has 64 valence electrons. The van der Waals surface area contributed by atoms with Gasteiger partial charge in [-0.05, 0) is 0 Å². The Balaban J connectivity index is 3.69. The molecule has 0 saturated carbocycles. The van der Waals surface area contributed by atoms with Gasteiger partial charge in [-0.15, -0.1) is 13.2 Å². The predicted octanol–water partition coefficient (Wildman–Crippen LogP) is 2.21. The maximum Gasteiger partial charge on any atom is 0.328 e. The topological polar surface area (TPSA) is 35.5 Å². The molecule has 0 spiro atoms. The van der Waals surface area contributed by atoms with E-state index in [0.29, 0.717) is 0 Å². The van der Waals surface area contributed by atoms with Crippen LogP contribution in [0.5, 0.6) is 0 Å². The van der Waals surface area contributed by atoms with Crippen LogP contribution in [-0.4, -0.2) is 19.9 Å². The molecular formula is C7H13O3P. The van der Waals surface area contributed by atoms with Crippen molar-refractivity contribution < 1.29 is 13.6 Å². The quantitative estimate of drug-likeness (QED) is 0.459. The summed E-state index contributed by atoms with van der Waals surface area (Å²) in [7, 11) is -2.87. The van der Waals surface area contributed by atoms with E-state index in [-0.39, 0.29) is 13.2 Å². The summed E-state index contributed by atoms with van der Waals surface area (Å²) in [6, 6.07) is 0. The minimum Gasteiger partial charge on any atom is -0.305 e. The molecule has 0 unspecified atom stereocenters. The normalized spacial score (nSPS) is 11.0. The highest BCUT2D eigenvalue weighted by molar-refractivity contribution is 7.52. The largest absolute Gasteiger partial charge is 0.328 e. The van der Waals surface area contributed by atoms with Crippen LogP contribution in [0.15, 0.2) is 25.3 Å². The van der Waals surface area contributed by atoms with Gasteiger partial charge in [-0.2, -0.15) is 0 Å². The lowest BCUT2D eigenvalue weighted by Crippen LogP contribution is -1.93. The van der Waals surface area contributed by atoms with E-state index in [4.69, 9.17) is 9.05 Å². The molecule has 0 amide bonds. The Morgan fingerprint density at radius 3 is 1.91 bits per heavy atom. The van der Waals surface area contributed by atoms with Crippen molar-refractivity contribution >= 4 is 7.60 Å². The Labute approximate surface area is 67.2 Å². The third-order valence-corrected chi connectivity index (χ3v) is 2.09. The molecule has 0 aliphatic carbocycles. The van der Waals surface area contributed by atoms with Crippen LogP contribution < -0.4 is 0 Å². The zero-order chi connectivity index (χ0) is 8.74. The van der Waals surface area contributed by atoms with E-state index in [1.165, 1.54) is 18.8 Å². The smallest absolute Gasteiger partial charge is 0.305 e. The Hall–Kier alpha value is -0.370. The molecule has 0 radical (unpaired) electrons. The van der Waals surface area contributed by atoms with E-state index in [9.17, 15) is 4.57 Å². The summed E-state index contributed by atoms with van der Waals surface area (Å²) in [4.78, 5) is 0. The number of hydrogen-bond donors (Lipinski definition) is 0. The summed E-state index contributed by atoms with van der Waals surface area (Å²) >= 11 is 0. The molecule has 4 heteroatoms. The van der Waals surface area contributed by atoms with Crippen molar-refractivity contribution in [3.8, 4) is 0 Å². The van der Waals surface area contributed by atoms with Gasteiger partial charge in [0.2, 0.25) is 0 Å². The Kier molecular flexibility index (Phi) is 5.12. The molecule has 0 atom stereocenters. The first kappa shape index (κ1) is 10.6. The van der Waals surface area contributed by atoms with Gasteiger partial charge in [-0.1, -0.05) is 12.2 Å². The van der Waals surface area contributed by atoms with Gasteiger partial charge in [0, 0.05) is 6.66 Å². The summed E-state index contributed by atoms with van der Waals surface area (Å²) < 4.78 is 20.9. The number of hydrogen-bond acceptors (Lipinski definition) is 3. The highest BCUT2D eigenvalue weighted by Crippen LogP contribution is 2.43. The molecule has 0 fully saturated rings. The van der Waals surface area contributed by atoms with E-state index < -0.39 is 7.60 Å². The van der Waals surface area contributed by atoms with Gasteiger partial charge in [-0.3, -0.25) is 4.57 Å². The zero-order valence-corrected chi connectivity index (χ0v) is 7.55. The van der Waals surface area contributed by atoms with Crippen LogP contribution in [-0.2, 0) is 13.6 Å². The molecule has 0 heterocycles. The van der Waals surface area contributed by atoms with E-state index in [1.54, 1.807) is 0 Å². The first-order valence-corrected chi connectivity index (χ1v) is 5.20. The summed E-state index contributed by atoms with van der Waals surface area (Å²) in [5, 5.41) is 0. The first-order chi connectivity index (χ1) is 5.12. The maximum atomic E-state index is 11.2. The van der Waals surface area contributed by atoms with Gasteiger partial charge in [-0.25, -0.2) is 0 Å². The first-order valence-electron chi connectivity index (χ1n) is 3.21. The standard InChI is InChI=1S/C7H13O3P/c1-4-6-9-11(3,8)10-7-5-2/h4-5H,1-2,6-7H2,3H3. The number of rotatable bonds is 6. The van der Waals surface area contributed by atoms with E-state index in [2.05, 4.69) is 13.2 Å². The molecule has 0 aromatic rings. The third kappa shape index (κ3) is 6.05. The lowest BCUT2D eigenvalue weighted by molar-refractivity contribution is 0.242. The van der Waals surface area contributed by atoms with Gasteiger partial charge in [0.05, 0.1) is 13.2 Å². The second-order valence-corrected chi connectivity index (χ2v) is 4.00. The van der Waals surface area contributed by atoms with Gasteiger partial charge in [0.15, 0.2) is 0 Å². The predicted molar refractivity (Wildman–Crippen MR) is 45.8 cm³/mol. The lowest BCUT2D eigenvalue weighted by Gasteiger charge is -2.10. The van der Waals surface area contributed by atoms with Gasteiger partial charge < -0.3 is 9.05 Å². The molecule has 0 rings (SSSR count). The van der Waals surface area contributed by atoms with Crippen LogP contribution in [0.25, 0.3) is 0 Å². The maximum absolute atomic E-state index is 11.2. The molecule has 0 saturated heterocycles. The fraction of sp³-hybridized carbons (Fsp3) is 0.429. The molecule has 0 aliphatic rings. The minimum atomic E-state index is -2.87. The van der Waals surface area contributed by atoms with Crippen LogP contribution in [0.2, 0.25) is 0 Å². The van der Waals surface area contributed by atoms with Gasteiger partial charge >= 0.3 is 7.60 Å². The van der Waals surface area contributed by atoms with Crippen LogP contribution >= 0.6 is 7.60 Å². The minimum absolute atomic E-state index is 0.241. The summed E-state index contributed by atoms with van der Waals surface area (Å²) in [5.74, 6) is 0. The molecule has 0 aromatic heterocycles. The molecule has 0 aliphatic heterocycles. The van der Waals surface area contributed by atoms with Crippen LogP contribution in [0.1, 0.15) is 0 Å². The highest BCUT2D eigenvalue weighted by Gasteiger charge is 2.14. The van der Waals surface area contributed by atoms with Crippen LogP contribution in [0.3, 0.4) is 0 Å². The molecule has 11 heavy (non-hydrogen) atoms. The molecule has 0 N–H and O–H groups in total. The lowest BCUT2D eigenvalue weighted by atomic mass is 10.7. The summed E-state index contributed by atoms with van der Waals surface area (Å²) in [6.45, 7) is 8.74. The Morgan fingerprint density at radius 1 is 1.27 bits per heavy atom. The summed E-state index contributed by atoms with van der Waals surface area (Å²) in [5.41, 5.74) is 0. The SMILES string of the molecule is C=CCOP(C)(=O)OCC=C. The van der Waals surface area contributed by atoms with Crippen molar-refractivity contribution in [1.29, 1.82) is 0 Å². The Morgan fingerprint density at radius 2 is 1.64 bits per heavy atom. The van der Waals surface area contributed by atoms with Crippen molar-refractivity contribution in [3.63, 3.8) is 0 Å².